The van der Waals surface area contributed by atoms with Gasteiger partial charge in [-0.2, -0.15) is 0 Å². The van der Waals surface area contributed by atoms with E-state index < -0.39 is 0 Å². The molecule has 0 bridgehead atoms. The number of benzene rings is 8. The molecule has 10 aromatic rings. The SMILES string of the molecule is c1ccc(-c2ccc(-c3nc(-c4ccccc4)nc(-c4ccc5oc6cc(-c7ccc(-c8ccccc8)cc7)c7ccccc7c6c5c4)n3)cc2)cc1. The van der Waals surface area contributed by atoms with Crippen LogP contribution in [0.25, 0.3) is 100 Å². The number of hydrogen-bond acceptors (Lipinski definition) is 4. The van der Waals surface area contributed by atoms with Gasteiger partial charge in [0.2, 0.25) is 0 Å². The fraction of sp³-hybridized carbons (Fsp3) is 0. The van der Waals surface area contributed by atoms with E-state index in [1.165, 1.54) is 22.1 Å². The maximum atomic E-state index is 6.59. The minimum atomic E-state index is 0.608. The van der Waals surface area contributed by atoms with Gasteiger partial charge >= 0.3 is 0 Å². The molecule has 10 rings (SSSR count). The summed E-state index contributed by atoms with van der Waals surface area (Å²) < 4.78 is 6.59. The molecule has 0 aliphatic rings. The van der Waals surface area contributed by atoms with Crippen LogP contribution >= 0.6 is 0 Å². The summed E-state index contributed by atoms with van der Waals surface area (Å²) in [5.74, 6) is 1.86. The molecule has 0 atom stereocenters. The van der Waals surface area contributed by atoms with E-state index in [1.54, 1.807) is 0 Å². The van der Waals surface area contributed by atoms with Gasteiger partial charge in [0.1, 0.15) is 11.2 Å². The van der Waals surface area contributed by atoms with Gasteiger partial charge in [0.15, 0.2) is 17.5 Å². The molecule has 4 heteroatoms. The zero-order valence-electron chi connectivity index (χ0n) is 28.6. The third kappa shape index (κ3) is 5.63. The van der Waals surface area contributed by atoms with Crippen molar-refractivity contribution < 1.29 is 4.42 Å². The number of hydrogen-bond donors (Lipinski definition) is 0. The van der Waals surface area contributed by atoms with Gasteiger partial charge in [-0.3, -0.25) is 0 Å². The van der Waals surface area contributed by atoms with Crippen LogP contribution in [0.4, 0.5) is 0 Å². The second-order valence-corrected chi connectivity index (χ2v) is 13.2. The van der Waals surface area contributed by atoms with Gasteiger partial charge in [0.05, 0.1) is 0 Å². The first-order valence-corrected chi connectivity index (χ1v) is 17.8. The van der Waals surface area contributed by atoms with Crippen molar-refractivity contribution in [1.29, 1.82) is 0 Å². The van der Waals surface area contributed by atoms with E-state index >= 15 is 0 Å². The van der Waals surface area contributed by atoms with E-state index in [-0.39, 0.29) is 0 Å². The topological polar surface area (TPSA) is 51.8 Å². The van der Waals surface area contributed by atoms with E-state index in [1.807, 2.05) is 54.6 Å². The Bertz CT molecular complexity index is 2900. The van der Waals surface area contributed by atoms with Crippen LogP contribution in [0.5, 0.6) is 0 Å². The second kappa shape index (κ2) is 12.9. The molecule has 0 amide bonds. The lowest BCUT2D eigenvalue weighted by Crippen LogP contribution is -2.00. The maximum Gasteiger partial charge on any atom is 0.164 e. The molecule has 0 aliphatic carbocycles. The summed E-state index contributed by atoms with van der Waals surface area (Å²) in [7, 11) is 0. The van der Waals surface area contributed by atoms with Crippen LogP contribution in [0.3, 0.4) is 0 Å². The lowest BCUT2D eigenvalue weighted by Gasteiger charge is -2.10. The Kier molecular flexibility index (Phi) is 7.43. The number of rotatable bonds is 6. The van der Waals surface area contributed by atoms with Crippen molar-refractivity contribution in [3.05, 3.63) is 188 Å². The van der Waals surface area contributed by atoms with Crippen LogP contribution in [0.1, 0.15) is 0 Å². The van der Waals surface area contributed by atoms with Crippen LogP contribution in [0.2, 0.25) is 0 Å². The molecule has 2 aromatic heterocycles. The molecule has 0 spiro atoms. The molecule has 53 heavy (non-hydrogen) atoms. The third-order valence-electron chi connectivity index (χ3n) is 9.96. The average Bonchev–Trinajstić information content (AvgIpc) is 3.62. The highest BCUT2D eigenvalue weighted by Crippen LogP contribution is 2.41. The lowest BCUT2D eigenvalue weighted by molar-refractivity contribution is 0.669. The van der Waals surface area contributed by atoms with Crippen LogP contribution in [0.15, 0.2) is 192 Å². The van der Waals surface area contributed by atoms with Crippen LogP contribution in [0, 0.1) is 0 Å². The highest BCUT2D eigenvalue weighted by molar-refractivity contribution is 6.22. The quantitative estimate of drug-likeness (QED) is 0.176. The van der Waals surface area contributed by atoms with E-state index in [0.717, 1.165) is 60.7 Å². The molecule has 0 aliphatic heterocycles. The smallest absolute Gasteiger partial charge is 0.164 e. The van der Waals surface area contributed by atoms with Gasteiger partial charge in [0, 0.05) is 27.5 Å². The first-order chi connectivity index (χ1) is 26.2. The van der Waals surface area contributed by atoms with E-state index in [0.29, 0.717) is 17.5 Å². The van der Waals surface area contributed by atoms with E-state index in [4.69, 9.17) is 19.4 Å². The van der Waals surface area contributed by atoms with Crippen molar-refractivity contribution in [2.24, 2.45) is 0 Å². The van der Waals surface area contributed by atoms with Crippen molar-refractivity contribution in [2.45, 2.75) is 0 Å². The number of nitrogens with zero attached hydrogens (tertiary/aromatic N) is 3. The minimum Gasteiger partial charge on any atom is -0.456 e. The third-order valence-corrected chi connectivity index (χ3v) is 9.96. The fourth-order valence-electron chi connectivity index (χ4n) is 7.28. The second-order valence-electron chi connectivity index (χ2n) is 13.2. The van der Waals surface area contributed by atoms with Crippen molar-refractivity contribution in [2.75, 3.05) is 0 Å². The van der Waals surface area contributed by atoms with Crippen molar-refractivity contribution >= 4 is 32.7 Å². The van der Waals surface area contributed by atoms with Crippen molar-refractivity contribution in [3.8, 4) is 67.5 Å². The zero-order chi connectivity index (χ0) is 35.1. The Labute approximate surface area is 306 Å². The number of aromatic nitrogens is 3. The molecule has 8 aromatic carbocycles. The summed E-state index contributed by atoms with van der Waals surface area (Å²) in [6.07, 6.45) is 0. The molecule has 248 valence electrons. The van der Waals surface area contributed by atoms with Gasteiger partial charge in [-0.25, -0.2) is 15.0 Å². The first-order valence-electron chi connectivity index (χ1n) is 17.8. The molecule has 0 unspecified atom stereocenters. The Morgan fingerprint density at radius 2 is 0.698 bits per heavy atom. The van der Waals surface area contributed by atoms with Gasteiger partial charge < -0.3 is 4.42 Å². The molecule has 4 nitrogen and oxygen atoms in total. The maximum absolute atomic E-state index is 6.59. The van der Waals surface area contributed by atoms with Gasteiger partial charge in [-0.1, -0.05) is 164 Å². The van der Waals surface area contributed by atoms with Gasteiger partial charge in [-0.15, -0.1) is 0 Å². The molecule has 2 heterocycles. The summed E-state index contributed by atoms with van der Waals surface area (Å²) in [5, 5.41) is 4.42. The lowest BCUT2D eigenvalue weighted by atomic mass is 9.93. The van der Waals surface area contributed by atoms with Crippen molar-refractivity contribution in [1.82, 2.24) is 15.0 Å². The van der Waals surface area contributed by atoms with Gasteiger partial charge in [-0.05, 0) is 68.4 Å². The summed E-state index contributed by atoms with van der Waals surface area (Å²) in [6.45, 7) is 0. The fourth-order valence-corrected chi connectivity index (χ4v) is 7.28. The molecule has 0 fully saturated rings. The molecule has 0 saturated heterocycles. The van der Waals surface area contributed by atoms with Crippen LogP contribution in [-0.4, -0.2) is 15.0 Å². The first kappa shape index (κ1) is 30.6. The summed E-state index contributed by atoms with van der Waals surface area (Å²) >= 11 is 0. The molecule has 0 N–H and O–H groups in total. The largest absolute Gasteiger partial charge is 0.456 e. The summed E-state index contributed by atoms with van der Waals surface area (Å²) in [5.41, 5.74) is 11.4. The standard InChI is InChI=1S/C49H31N3O/c1-4-12-32(13-5-1)34-20-24-36(25-21-34)42-31-45-46(41-19-11-10-18-40(41)42)43-30-39(28-29-44(43)53-45)49-51-47(37-16-8-3-9-17-37)50-48(52-49)38-26-22-35(23-27-38)33-14-6-2-7-15-33/h1-31H. The number of furan rings is 1. The Hall–Kier alpha value is -7.17. The Balaban J connectivity index is 1.10. The summed E-state index contributed by atoms with van der Waals surface area (Å²) in [4.78, 5) is 15.1. The highest BCUT2D eigenvalue weighted by atomic mass is 16.3. The van der Waals surface area contributed by atoms with E-state index in [9.17, 15) is 0 Å². The predicted molar refractivity (Wildman–Crippen MR) is 217 cm³/mol. The Morgan fingerprint density at radius 3 is 1.28 bits per heavy atom. The van der Waals surface area contributed by atoms with E-state index in [2.05, 4.69) is 133 Å². The van der Waals surface area contributed by atoms with Crippen molar-refractivity contribution in [3.63, 3.8) is 0 Å². The average molecular weight is 678 g/mol. The zero-order valence-corrected chi connectivity index (χ0v) is 28.6. The summed E-state index contributed by atoms with van der Waals surface area (Å²) in [6, 6.07) is 65.2. The highest BCUT2D eigenvalue weighted by Gasteiger charge is 2.18. The van der Waals surface area contributed by atoms with Crippen LogP contribution in [-0.2, 0) is 0 Å². The van der Waals surface area contributed by atoms with Gasteiger partial charge in [0.25, 0.3) is 0 Å². The number of fused-ring (bicyclic) bond motifs is 5. The molecule has 0 saturated carbocycles. The molecule has 0 radical (unpaired) electrons. The minimum absolute atomic E-state index is 0.608. The monoisotopic (exact) mass is 677 g/mol. The van der Waals surface area contributed by atoms with Crippen LogP contribution < -0.4 is 0 Å². The normalized spacial score (nSPS) is 11.4. The predicted octanol–water partition coefficient (Wildman–Crippen LogP) is 12.9. The molecular weight excluding hydrogens is 647 g/mol. The Morgan fingerprint density at radius 1 is 0.283 bits per heavy atom. The molecular formula is C49H31N3O.